The third kappa shape index (κ3) is 3.53. The van der Waals surface area contributed by atoms with Crippen molar-refractivity contribution in [3.05, 3.63) is 51.8 Å². The van der Waals surface area contributed by atoms with E-state index >= 15 is 0 Å². The number of halogens is 2. The number of nitrogens with one attached hydrogen (secondary N) is 1. The van der Waals surface area contributed by atoms with Gasteiger partial charge < -0.3 is 5.32 Å². The topological polar surface area (TPSA) is 81.1 Å². The molecule has 2 aromatic rings. The minimum absolute atomic E-state index is 0.259. The van der Waals surface area contributed by atoms with Crippen molar-refractivity contribution < 1.29 is 13.4 Å². The fourth-order valence-corrected chi connectivity index (χ4v) is 2.55. The second-order valence-corrected chi connectivity index (χ2v) is 5.73. The van der Waals surface area contributed by atoms with Crippen LogP contribution in [0.1, 0.15) is 6.92 Å². The van der Waals surface area contributed by atoms with Gasteiger partial charge in [-0.1, -0.05) is 11.6 Å². The summed E-state index contributed by atoms with van der Waals surface area (Å²) in [6.07, 6.45) is 0.728. The van der Waals surface area contributed by atoms with Gasteiger partial charge in [0.15, 0.2) is 22.6 Å². The van der Waals surface area contributed by atoms with Gasteiger partial charge in [-0.3, -0.25) is 4.79 Å². The van der Waals surface area contributed by atoms with Gasteiger partial charge in [0.2, 0.25) is 5.91 Å². The van der Waals surface area contributed by atoms with E-state index in [1.807, 2.05) is 0 Å². The number of nitrogens with zero attached hydrogens (tertiary/aromatic N) is 2. The first-order valence-corrected chi connectivity index (χ1v) is 7.11. The molecule has 6 nitrogen and oxygen atoms in total. The summed E-state index contributed by atoms with van der Waals surface area (Å²) < 4.78 is 26.6. The first-order valence-electron chi connectivity index (χ1n) is 5.63. The van der Waals surface area contributed by atoms with E-state index in [9.17, 15) is 18.2 Å². The molecule has 1 unspecified atom stereocenters. The number of benzene rings is 1. The highest BCUT2D eigenvalue weighted by molar-refractivity contribution is 7.83. The highest BCUT2D eigenvalue weighted by Crippen LogP contribution is 2.14. The van der Waals surface area contributed by atoms with E-state index in [2.05, 4.69) is 10.3 Å². The van der Waals surface area contributed by atoms with E-state index in [0.29, 0.717) is 9.00 Å². The quantitative estimate of drug-likeness (QED) is 0.926. The Balaban J connectivity index is 2.43. The number of anilines is 1. The fraction of sp³-hybridized carbons (Fsp3) is 0.0833. The average Bonchev–Trinajstić information content (AvgIpc) is 2.42. The molecule has 9 heteroatoms. The van der Waals surface area contributed by atoms with Crippen LogP contribution in [-0.4, -0.2) is 19.1 Å². The molecule has 0 aliphatic carbocycles. The Labute approximate surface area is 126 Å². The van der Waals surface area contributed by atoms with Crippen molar-refractivity contribution in [2.45, 2.75) is 11.8 Å². The number of hydrogen-bond acceptors (Lipinski definition) is 4. The zero-order valence-corrected chi connectivity index (χ0v) is 12.2. The summed E-state index contributed by atoms with van der Waals surface area (Å²) in [6, 6.07) is 5.89. The number of carbonyl (C=O) groups excluding carboxylic acids is 1. The van der Waals surface area contributed by atoms with Crippen LogP contribution >= 0.6 is 11.6 Å². The van der Waals surface area contributed by atoms with Crippen molar-refractivity contribution in [3.63, 3.8) is 0 Å². The molecule has 1 aromatic carbocycles. The van der Waals surface area contributed by atoms with Crippen LogP contribution in [0.25, 0.3) is 0 Å². The number of carbonyl (C=O) groups is 1. The predicted molar refractivity (Wildman–Crippen MR) is 76.0 cm³/mol. The zero-order valence-electron chi connectivity index (χ0n) is 10.7. The lowest BCUT2D eigenvalue weighted by Gasteiger charge is -2.07. The largest absolute Gasteiger partial charge is 0.362 e. The zero-order chi connectivity index (χ0) is 15.6. The van der Waals surface area contributed by atoms with Crippen LogP contribution in [0.3, 0.4) is 0 Å². The molecule has 21 heavy (non-hydrogen) atoms. The fourth-order valence-electron chi connectivity index (χ4n) is 1.46. The van der Waals surface area contributed by atoms with Gasteiger partial charge in [0.25, 0.3) is 0 Å². The molecule has 1 aromatic heterocycles. The summed E-state index contributed by atoms with van der Waals surface area (Å²) in [4.78, 5) is 26.2. The molecule has 0 spiro atoms. The van der Waals surface area contributed by atoms with E-state index in [-0.39, 0.29) is 4.90 Å². The summed E-state index contributed by atoms with van der Waals surface area (Å²) in [6.45, 7) is 1.15. The molecule has 0 radical (unpaired) electrons. The molecule has 1 heterocycles. The van der Waals surface area contributed by atoms with Gasteiger partial charge in [0.05, 0.1) is 11.1 Å². The lowest BCUT2D eigenvalue weighted by Crippen LogP contribution is -2.28. The van der Waals surface area contributed by atoms with E-state index < -0.39 is 34.2 Å². The third-order valence-corrected chi connectivity index (χ3v) is 3.89. The first kappa shape index (κ1) is 15.3. The summed E-state index contributed by atoms with van der Waals surface area (Å²) in [5.74, 6) is -2.04. The molecular weight excluding hydrogens is 321 g/mol. The SMILES string of the molecule is CC(=O)Nc1nc(=O)n(S(=O)c2ccc(Cl)cc2)cc1F. The van der Waals surface area contributed by atoms with E-state index in [0.717, 1.165) is 13.1 Å². The normalized spacial score (nSPS) is 12.0. The molecule has 0 bridgehead atoms. The van der Waals surface area contributed by atoms with Gasteiger partial charge in [-0.05, 0) is 24.3 Å². The molecule has 110 valence electrons. The van der Waals surface area contributed by atoms with Crippen molar-refractivity contribution >= 4 is 34.3 Å². The average molecular weight is 330 g/mol. The summed E-state index contributed by atoms with van der Waals surface area (Å²) in [7, 11) is -1.97. The van der Waals surface area contributed by atoms with Crippen molar-refractivity contribution in [2.24, 2.45) is 0 Å². The van der Waals surface area contributed by atoms with E-state index in [1.165, 1.54) is 24.3 Å². The van der Waals surface area contributed by atoms with Crippen LogP contribution in [0.15, 0.2) is 40.2 Å². The molecule has 1 atom stereocenters. The number of aromatic nitrogens is 2. The molecule has 0 saturated carbocycles. The van der Waals surface area contributed by atoms with Gasteiger partial charge in [0.1, 0.15) is 0 Å². The molecule has 0 fully saturated rings. The Morgan fingerprint density at radius 3 is 2.57 bits per heavy atom. The van der Waals surface area contributed by atoms with E-state index in [4.69, 9.17) is 11.6 Å². The highest BCUT2D eigenvalue weighted by Gasteiger charge is 2.14. The van der Waals surface area contributed by atoms with Crippen LogP contribution < -0.4 is 11.0 Å². The maximum atomic E-state index is 13.7. The number of hydrogen-bond donors (Lipinski definition) is 1. The molecule has 0 aliphatic heterocycles. The predicted octanol–water partition coefficient (Wildman–Crippen LogP) is 1.57. The van der Waals surface area contributed by atoms with Gasteiger partial charge in [-0.25, -0.2) is 17.4 Å². The van der Waals surface area contributed by atoms with Gasteiger partial charge >= 0.3 is 5.69 Å². The van der Waals surface area contributed by atoms with Crippen LogP contribution in [-0.2, 0) is 15.8 Å². The summed E-state index contributed by atoms with van der Waals surface area (Å²) in [5, 5.41) is 2.51. The Kier molecular flexibility index (Phi) is 4.49. The van der Waals surface area contributed by atoms with Crippen LogP contribution in [0.2, 0.25) is 5.02 Å². The van der Waals surface area contributed by atoms with Crippen molar-refractivity contribution in [3.8, 4) is 0 Å². The van der Waals surface area contributed by atoms with Crippen molar-refractivity contribution in [1.29, 1.82) is 0 Å². The minimum Gasteiger partial charge on any atom is -0.308 e. The second kappa shape index (κ2) is 6.15. The number of rotatable bonds is 3. The molecular formula is C12H9ClFN3O3S. The van der Waals surface area contributed by atoms with Crippen LogP contribution in [0, 0.1) is 5.82 Å². The summed E-state index contributed by atoms with van der Waals surface area (Å²) >= 11 is 5.71. The highest BCUT2D eigenvalue weighted by atomic mass is 35.5. The second-order valence-electron chi connectivity index (χ2n) is 3.93. The van der Waals surface area contributed by atoms with Crippen molar-refractivity contribution in [1.82, 2.24) is 8.96 Å². The minimum atomic E-state index is -1.97. The smallest absolute Gasteiger partial charge is 0.308 e. The lowest BCUT2D eigenvalue weighted by molar-refractivity contribution is -0.114. The van der Waals surface area contributed by atoms with Crippen LogP contribution in [0.4, 0.5) is 10.2 Å². The molecule has 0 saturated heterocycles. The third-order valence-electron chi connectivity index (χ3n) is 2.34. The Morgan fingerprint density at radius 2 is 2.00 bits per heavy atom. The standard InChI is InChI=1S/C12H9ClFN3O3S/c1-7(18)15-11-10(14)6-17(12(19)16-11)21(20)9-4-2-8(13)3-5-9/h2-6H,1H3,(H,15,16,18,19). The molecule has 0 aliphatic rings. The molecule has 1 N–H and O–H groups in total. The van der Waals surface area contributed by atoms with Crippen LogP contribution in [0.5, 0.6) is 0 Å². The maximum Gasteiger partial charge on any atom is 0.362 e. The van der Waals surface area contributed by atoms with Gasteiger partial charge in [0, 0.05) is 11.9 Å². The molecule has 1 amide bonds. The molecule has 2 rings (SSSR count). The monoisotopic (exact) mass is 329 g/mol. The Hall–Kier alpha value is -2.06. The van der Waals surface area contributed by atoms with Crippen molar-refractivity contribution in [2.75, 3.05) is 5.32 Å². The maximum absolute atomic E-state index is 13.7. The number of amides is 1. The lowest BCUT2D eigenvalue weighted by atomic mass is 10.4. The van der Waals surface area contributed by atoms with Gasteiger partial charge in [-0.15, -0.1) is 0 Å². The first-order chi connectivity index (χ1) is 9.88. The summed E-state index contributed by atoms with van der Waals surface area (Å²) in [5.41, 5.74) is -0.951. The van der Waals surface area contributed by atoms with E-state index in [1.54, 1.807) is 0 Å². The Bertz CT molecular complexity index is 776. The Morgan fingerprint density at radius 1 is 1.38 bits per heavy atom. The van der Waals surface area contributed by atoms with Gasteiger partial charge in [-0.2, -0.15) is 4.98 Å².